The molecule has 0 saturated heterocycles. The van der Waals surface area contributed by atoms with E-state index in [4.69, 9.17) is 21.4 Å². The third-order valence-electron chi connectivity index (χ3n) is 6.41. The van der Waals surface area contributed by atoms with Crippen molar-refractivity contribution < 1.29 is 9.90 Å². The molecule has 8 heteroatoms. The van der Waals surface area contributed by atoms with Crippen LogP contribution in [0.25, 0.3) is 52.8 Å². The average molecular weight is 589 g/mol. The lowest BCUT2D eigenvalue weighted by molar-refractivity contribution is -0.122. The van der Waals surface area contributed by atoms with Crippen molar-refractivity contribution in [1.82, 2.24) is 9.97 Å². The molecule has 0 aliphatic heterocycles. The number of imidazole rings is 1. The molecule has 0 saturated carbocycles. The second kappa shape index (κ2) is 13.5. The third kappa shape index (κ3) is 6.10. The first-order chi connectivity index (χ1) is 20.6. The van der Waals surface area contributed by atoms with Gasteiger partial charge in [0.05, 0.1) is 42.7 Å². The Morgan fingerprint density at radius 3 is 1.31 bits per heavy atom. The highest BCUT2D eigenvalue weighted by Crippen LogP contribution is 2.46. The number of hydrogen-bond donors (Lipinski definition) is 4. The van der Waals surface area contributed by atoms with Gasteiger partial charge < -0.3 is 21.6 Å². The third-order valence-corrected chi connectivity index (χ3v) is 9.01. The number of carboxylic acid groups (broad SMARTS) is 1. The zero-order chi connectivity index (χ0) is 29.3. The van der Waals surface area contributed by atoms with E-state index in [0.717, 1.165) is 31.9 Å². The fraction of sp³-hybridized carbons (Fsp3) is 0. The number of nitrogens with zero attached hydrogens (tertiary/aromatic N) is 1. The van der Waals surface area contributed by atoms with Crippen molar-refractivity contribution >= 4 is 51.6 Å². The Balaban J connectivity index is 0.000000154. The molecule has 7 aromatic rings. The Labute approximate surface area is 251 Å². The number of carbonyl (C=O) groups is 1. The number of nitrogens with one attached hydrogen (secondary N) is 1. The standard InChI is InChI=1S/C17H12N2S.C16H14N2S.CH2O2/c1-3-7-12(8-4-1)16-14-15(19-11-18-14)17(20-16)13-9-5-2-6-10-13;17-13-14(18)16(12-9-5-2-6-10-12)19-15(13)11-7-3-1-4-8-11;2-1-3/h1-11H,(H,18,19);1-10H,17-18H2;1H,(H,2,3). The van der Waals surface area contributed by atoms with E-state index in [-0.39, 0.29) is 6.47 Å². The van der Waals surface area contributed by atoms with Crippen LogP contribution in [0, 0.1) is 0 Å². The number of aromatic amines is 1. The number of thiophene rings is 2. The number of fused-ring (bicyclic) bond motifs is 1. The van der Waals surface area contributed by atoms with Gasteiger partial charge in [-0.05, 0) is 22.3 Å². The number of benzene rings is 4. The minimum absolute atomic E-state index is 0.250. The van der Waals surface area contributed by atoms with Crippen molar-refractivity contribution in [2.75, 3.05) is 11.5 Å². The summed E-state index contributed by atoms with van der Waals surface area (Å²) in [6.07, 6.45) is 1.77. The molecule has 3 aromatic heterocycles. The molecule has 0 atom stereocenters. The average Bonchev–Trinajstić information content (AvgIpc) is 3.75. The summed E-state index contributed by atoms with van der Waals surface area (Å²) >= 11 is 3.43. The van der Waals surface area contributed by atoms with E-state index in [0.29, 0.717) is 11.4 Å². The van der Waals surface area contributed by atoms with Gasteiger partial charge in [-0.25, -0.2) is 4.98 Å². The summed E-state index contributed by atoms with van der Waals surface area (Å²) in [5, 5.41) is 6.89. The molecule has 0 aliphatic rings. The summed E-state index contributed by atoms with van der Waals surface area (Å²) in [6.45, 7) is -0.250. The number of nitrogen functional groups attached to an aromatic ring is 2. The highest BCUT2D eigenvalue weighted by Gasteiger charge is 2.17. The van der Waals surface area contributed by atoms with Gasteiger partial charge in [-0.3, -0.25) is 4.79 Å². The van der Waals surface area contributed by atoms with E-state index in [9.17, 15) is 0 Å². The molecule has 6 nitrogen and oxygen atoms in total. The first-order valence-electron chi connectivity index (χ1n) is 13.1. The maximum absolute atomic E-state index is 8.36. The molecule has 42 heavy (non-hydrogen) atoms. The van der Waals surface area contributed by atoms with E-state index >= 15 is 0 Å². The van der Waals surface area contributed by atoms with Gasteiger partial charge in [0.2, 0.25) is 0 Å². The highest BCUT2D eigenvalue weighted by atomic mass is 32.1. The SMILES string of the molecule is Nc1c(-c2ccccc2)sc(-c2ccccc2)c1N.O=CO.c1ccc(-c2sc(-c3ccccc3)c3[nH]cnc23)cc1. The van der Waals surface area contributed by atoms with Crippen molar-refractivity contribution in [1.29, 1.82) is 0 Å². The molecule has 4 aromatic carbocycles. The fourth-order valence-electron chi connectivity index (χ4n) is 4.48. The predicted molar refractivity (Wildman–Crippen MR) is 178 cm³/mol. The summed E-state index contributed by atoms with van der Waals surface area (Å²) in [5.41, 5.74) is 20.5. The summed E-state index contributed by atoms with van der Waals surface area (Å²) in [6, 6.07) is 41.1. The summed E-state index contributed by atoms with van der Waals surface area (Å²) in [5.74, 6) is 0. The van der Waals surface area contributed by atoms with Crippen LogP contribution in [-0.2, 0) is 4.79 Å². The molecule has 6 N–H and O–H groups in total. The Bertz CT molecular complexity index is 1740. The molecule has 0 radical (unpaired) electrons. The molecule has 0 unspecified atom stereocenters. The van der Waals surface area contributed by atoms with Gasteiger partial charge >= 0.3 is 0 Å². The maximum atomic E-state index is 8.36. The molecule has 208 valence electrons. The lowest BCUT2D eigenvalue weighted by Crippen LogP contribution is -1.92. The molecule has 0 fully saturated rings. The largest absolute Gasteiger partial charge is 0.483 e. The second-order valence-corrected chi connectivity index (χ2v) is 11.1. The van der Waals surface area contributed by atoms with Crippen molar-refractivity contribution in [3.8, 4) is 41.8 Å². The van der Waals surface area contributed by atoms with Crippen molar-refractivity contribution in [2.45, 2.75) is 0 Å². The maximum Gasteiger partial charge on any atom is 0.290 e. The molecule has 3 heterocycles. The number of anilines is 2. The normalized spacial score (nSPS) is 10.3. The van der Waals surface area contributed by atoms with E-state index in [1.54, 1.807) is 29.0 Å². The quantitative estimate of drug-likeness (QED) is 0.153. The van der Waals surface area contributed by atoms with E-state index in [1.807, 2.05) is 48.5 Å². The first kappa shape index (κ1) is 28.4. The number of hydrogen-bond acceptors (Lipinski definition) is 6. The van der Waals surface area contributed by atoms with Gasteiger partial charge in [0.25, 0.3) is 6.47 Å². The van der Waals surface area contributed by atoms with E-state index in [1.165, 1.54) is 20.9 Å². The summed E-state index contributed by atoms with van der Waals surface area (Å²) in [7, 11) is 0. The van der Waals surface area contributed by atoms with Gasteiger partial charge in [-0.1, -0.05) is 121 Å². The molecule has 0 spiro atoms. The van der Waals surface area contributed by atoms with Gasteiger partial charge in [-0.15, -0.1) is 22.7 Å². The van der Waals surface area contributed by atoms with Crippen LogP contribution in [0.4, 0.5) is 11.4 Å². The van der Waals surface area contributed by atoms with E-state index in [2.05, 4.69) is 82.8 Å². The number of H-pyrrole nitrogens is 1. The minimum atomic E-state index is -0.250. The van der Waals surface area contributed by atoms with Crippen LogP contribution in [-0.4, -0.2) is 21.5 Å². The monoisotopic (exact) mass is 588 g/mol. The molecule has 0 aliphatic carbocycles. The molecule has 0 bridgehead atoms. The minimum Gasteiger partial charge on any atom is -0.483 e. The zero-order valence-electron chi connectivity index (χ0n) is 22.5. The highest BCUT2D eigenvalue weighted by molar-refractivity contribution is 7.21. The number of nitrogens with two attached hydrogens (primary N) is 2. The number of aromatic nitrogens is 2. The van der Waals surface area contributed by atoms with E-state index < -0.39 is 0 Å². The lowest BCUT2D eigenvalue weighted by Gasteiger charge is -1.99. The topological polar surface area (TPSA) is 118 Å². The Hall–Kier alpha value is -5.18. The zero-order valence-corrected chi connectivity index (χ0v) is 24.1. The van der Waals surface area contributed by atoms with Crippen LogP contribution >= 0.6 is 22.7 Å². The molecular weight excluding hydrogens is 561 g/mol. The molecule has 0 amide bonds. The van der Waals surface area contributed by atoms with Crippen LogP contribution < -0.4 is 11.5 Å². The summed E-state index contributed by atoms with van der Waals surface area (Å²) in [4.78, 5) is 20.7. The summed E-state index contributed by atoms with van der Waals surface area (Å²) < 4.78 is 0. The fourth-order valence-corrected chi connectivity index (χ4v) is 6.86. The van der Waals surface area contributed by atoms with Gasteiger partial charge in [0.1, 0.15) is 5.52 Å². The van der Waals surface area contributed by atoms with Crippen LogP contribution in [0.3, 0.4) is 0 Å². The van der Waals surface area contributed by atoms with Gasteiger partial charge in [0.15, 0.2) is 0 Å². The van der Waals surface area contributed by atoms with Crippen molar-refractivity contribution in [2.24, 2.45) is 0 Å². The Morgan fingerprint density at radius 2 is 0.905 bits per heavy atom. The Morgan fingerprint density at radius 1 is 0.571 bits per heavy atom. The Kier molecular flexibility index (Phi) is 9.08. The molecule has 7 rings (SSSR count). The van der Waals surface area contributed by atoms with Gasteiger partial charge in [0, 0.05) is 0 Å². The first-order valence-corrected chi connectivity index (χ1v) is 14.7. The molecular formula is C34H28N4O2S2. The smallest absolute Gasteiger partial charge is 0.290 e. The van der Waals surface area contributed by atoms with Crippen molar-refractivity contribution in [3.05, 3.63) is 128 Å². The van der Waals surface area contributed by atoms with Crippen LogP contribution in [0.15, 0.2) is 128 Å². The van der Waals surface area contributed by atoms with Crippen LogP contribution in [0.5, 0.6) is 0 Å². The van der Waals surface area contributed by atoms with Crippen LogP contribution in [0.2, 0.25) is 0 Å². The predicted octanol–water partition coefficient (Wildman–Crippen LogP) is 8.91. The second-order valence-electron chi connectivity index (χ2n) is 9.04. The van der Waals surface area contributed by atoms with Gasteiger partial charge in [-0.2, -0.15) is 0 Å². The lowest BCUT2D eigenvalue weighted by atomic mass is 10.1. The number of rotatable bonds is 4. The van der Waals surface area contributed by atoms with Crippen molar-refractivity contribution in [3.63, 3.8) is 0 Å². The van der Waals surface area contributed by atoms with Crippen LogP contribution in [0.1, 0.15) is 0 Å².